The summed E-state index contributed by atoms with van der Waals surface area (Å²) in [5, 5.41) is 7.94. The zero-order valence-electron chi connectivity index (χ0n) is 23.3. The van der Waals surface area contributed by atoms with Crippen LogP contribution in [0.4, 0.5) is 22.0 Å². The summed E-state index contributed by atoms with van der Waals surface area (Å²) in [5.74, 6) is -1.84. The van der Waals surface area contributed by atoms with E-state index in [1.165, 1.54) is 12.5 Å². The van der Waals surface area contributed by atoms with E-state index >= 15 is 0 Å². The number of halogens is 5. The summed E-state index contributed by atoms with van der Waals surface area (Å²) in [7, 11) is 1.74. The maximum absolute atomic E-state index is 14.3. The molecule has 12 heteroatoms. The zero-order valence-corrected chi connectivity index (χ0v) is 23.3. The van der Waals surface area contributed by atoms with Gasteiger partial charge >= 0.3 is 6.18 Å². The van der Waals surface area contributed by atoms with Crippen molar-refractivity contribution in [1.82, 2.24) is 29.0 Å². The Bertz CT molecular complexity index is 1690. The van der Waals surface area contributed by atoms with Crippen LogP contribution >= 0.6 is 0 Å². The predicted octanol–water partition coefficient (Wildman–Crippen LogP) is 5.65. The van der Waals surface area contributed by atoms with E-state index in [-0.39, 0.29) is 18.5 Å². The summed E-state index contributed by atoms with van der Waals surface area (Å²) in [6.45, 7) is 3.95. The second-order valence-corrected chi connectivity index (χ2v) is 12.0. The minimum absolute atomic E-state index is 0.0890. The van der Waals surface area contributed by atoms with Crippen LogP contribution in [0.3, 0.4) is 0 Å². The van der Waals surface area contributed by atoms with Gasteiger partial charge in [-0.1, -0.05) is 31.2 Å². The molecule has 0 bridgehead atoms. The summed E-state index contributed by atoms with van der Waals surface area (Å²) in [6.07, 6.45) is 0.865. The average molecular weight is 587 g/mol. The highest BCUT2D eigenvalue weighted by atomic mass is 19.4. The number of alkyl halides is 5. The van der Waals surface area contributed by atoms with Gasteiger partial charge in [0.25, 0.3) is 5.56 Å². The van der Waals surface area contributed by atoms with E-state index in [4.69, 9.17) is 0 Å². The van der Waals surface area contributed by atoms with Crippen LogP contribution in [0, 0.1) is 5.92 Å². The number of aromatic nitrogens is 5. The van der Waals surface area contributed by atoms with Gasteiger partial charge in [-0.2, -0.15) is 13.2 Å². The lowest BCUT2D eigenvalue weighted by Gasteiger charge is -2.47. The number of piperidine rings is 1. The molecule has 1 aliphatic heterocycles. The van der Waals surface area contributed by atoms with Gasteiger partial charge in [0.15, 0.2) is 5.65 Å². The smallest absolute Gasteiger partial charge is 0.321 e. The molecule has 1 saturated carbocycles. The Balaban J connectivity index is 1.42. The minimum atomic E-state index is -4.71. The normalized spacial score (nSPS) is 20.5. The molecule has 222 valence electrons. The number of likely N-dealkylation sites (tertiary alicyclic amines) is 1. The van der Waals surface area contributed by atoms with Crippen molar-refractivity contribution in [3.05, 3.63) is 81.9 Å². The Morgan fingerprint density at radius 3 is 2.60 bits per heavy atom. The minimum Gasteiger partial charge on any atom is -0.321 e. The third-order valence-electron chi connectivity index (χ3n) is 8.59. The van der Waals surface area contributed by atoms with Crippen LogP contribution < -0.4 is 5.56 Å². The van der Waals surface area contributed by atoms with E-state index in [0.717, 1.165) is 42.6 Å². The lowest BCUT2D eigenvalue weighted by atomic mass is 9.60. The van der Waals surface area contributed by atoms with Gasteiger partial charge in [0.05, 0.1) is 11.1 Å². The molecular formula is C30H31F5N6O. The van der Waals surface area contributed by atoms with Crippen LogP contribution in [0.25, 0.3) is 16.8 Å². The molecule has 4 heterocycles. The van der Waals surface area contributed by atoms with E-state index in [2.05, 4.69) is 27.0 Å². The fourth-order valence-corrected chi connectivity index (χ4v) is 6.58. The first-order valence-corrected chi connectivity index (χ1v) is 14.0. The molecule has 0 spiro atoms. The lowest BCUT2D eigenvalue weighted by molar-refractivity contribution is -0.136. The van der Waals surface area contributed by atoms with Gasteiger partial charge in [-0.25, -0.2) is 13.8 Å². The van der Waals surface area contributed by atoms with Crippen LogP contribution in [0.5, 0.6) is 0 Å². The number of hydrogen-bond acceptors (Lipinski definition) is 5. The van der Waals surface area contributed by atoms with Crippen LogP contribution in [-0.2, 0) is 31.6 Å². The number of fused-ring (bicyclic) bond motifs is 1. The number of benzene rings is 1. The van der Waals surface area contributed by atoms with E-state index in [0.29, 0.717) is 28.4 Å². The summed E-state index contributed by atoms with van der Waals surface area (Å²) in [6, 6.07) is 7.79. The molecule has 0 N–H and O–H groups in total. The van der Waals surface area contributed by atoms with Crippen molar-refractivity contribution in [2.24, 2.45) is 13.0 Å². The van der Waals surface area contributed by atoms with Crippen molar-refractivity contribution in [2.45, 2.75) is 63.1 Å². The summed E-state index contributed by atoms with van der Waals surface area (Å²) >= 11 is 0. The maximum Gasteiger partial charge on any atom is 0.419 e. The van der Waals surface area contributed by atoms with Crippen LogP contribution in [-0.4, -0.2) is 48.1 Å². The molecule has 2 fully saturated rings. The SMILES string of the molecule is C[C@H]1CCCN(Cc2cc(C(F)(F)F)c3ncc(-c4cccc(C5(Cc6nncn6C)CC(F)(F)C5)c4)c(=O)n3c2)C1. The largest absolute Gasteiger partial charge is 0.419 e. The molecule has 1 saturated heterocycles. The Kier molecular flexibility index (Phi) is 6.94. The van der Waals surface area contributed by atoms with Crippen molar-refractivity contribution in [2.75, 3.05) is 13.1 Å². The topological polar surface area (TPSA) is 68.3 Å². The van der Waals surface area contributed by atoms with Crippen molar-refractivity contribution in [1.29, 1.82) is 0 Å². The molecule has 1 atom stereocenters. The van der Waals surface area contributed by atoms with Crippen LogP contribution in [0.1, 0.15) is 55.1 Å². The second-order valence-electron chi connectivity index (χ2n) is 12.0. The monoisotopic (exact) mass is 586 g/mol. The second kappa shape index (κ2) is 10.3. The highest BCUT2D eigenvalue weighted by Gasteiger charge is 2.57. The fraction of sp³-hybridized carbons (Fsp3) is 0.467. The van der Waals surface area contributed by atoms with Gasteiger partial charge in [0, 0.05) is 57.2 Å². The van der Waals surface area contributed by atoms with E-state index in [1.54, 1.807) is 35.9 Å². The molecule has 2 aliphatic rings. The average Bonchev–Trinajstić information content (AvgIpc) is 3.31. The Hall–Kier alpha value is -3.67. The van der Waals surface area contributed by atoms with Crippen molar-refractivity contribution >= 4 is 5.65 Å². The molecule has 0 amide bonds. The summed E-state index contributed by atoms with van der Waals surface area (Å²) in [5.41, 5.74) is -1.56. The van der Waals surface area contributed by atoms with Gasteiger partial charge in [-0.3, -0.25) is 14.1 Å². The summed E-state index contributed by atoms with van der Waals surface area (Å²) in [4.78, 5) is 20.0. The number of rotatable bonds is 6. The van der Waals surface area contributed by atoms with Crippen LogP contribution in [0.15, 0.2) is 53.8 Å². The molecule has 0 radical (unpaired) electrons. The highest BCUT2D eigenvalue weighted by molar-refractivity contribution is 5.65. The molecule has 3 aromatic heterocycles. The molecule has 4 aromatic rings. The highest BCUT2D eigenvalue weighted by Crippen LogP contribution is 2.55. The molecule has 42 heavy (non-hydrogen) atoms. The van der Waals surface area contributed by atoms with E-state index in [9.17, 15) is 26.7 Å². The number of hydrogen-bond donors (Lipinski definition) is 0. The third kappa shape index (κ3) is 5.32. The molecular weight excluding hydrogens is 555 g/mol. The molecule has 0 unspecified atom stereocenters. The third-order valence-corrected chi connectivity index (χ3v) is 8.59. The first-order valence-electron chi connectivity index (χ1n) is 14.0. The molecule has 6 rings (SSSR count). The van der Waals surface area contributed by atoms with Crippen molar-refractivity contribution in [3.8, 4) is 11.1 Å². The molecule has 1 aromatic carbocycles. The number of nitrogens with zero attached hydrogens (tertiary/aromatic N) is 6. The standard InChI is InChI=1S/C30H31F5N6O/c1-19-5-4-8-40(13-19)14-20-9-24(30(33,34)35)26-36-12-23(27(42)41(26)15-20)21-6-3-7-22(10-21)28(16-29(31,32)17-28)11-25-38-37-18-39(25)2/h3,6-7,9-10,12,15,18-19H,4-5,8,11,13-14,16-17H2,1-2H3/t19-/m0/s1. The number of aryl methyl sites for hydroxylation is 1. The van der Waals surface area contributed by atoms with Crippen molar-refractivity contribution < 1.29 is 22.0 Å². The Morgan fingerprint density at radius 1 is 1.14 bits per heavy atom. The first kappa shape index (κ1) is 28.4. The predicted molar refractivity (Wildman–Crippen MR) is 146 cm³/mol. The van der Waals surface area contributed by atoms with Crippen LogP contribution in [0.2, 0.25) is 0 Å². The van der Waals surface area contributed by atoms with E-state index < -0.39 is 47.1 Å². The molecule has 1 aliphatic carbocycles. The zero-order chi connectivity index (χ0) is 29.9. The summed E-state index contributed by atoms with van der Waals surface area (Å²) < 4.78 is 73.6. The Labute approximate surface area is 239 Å². The number of pyridine rings is 1. The first-order chi connectivity index (χ1) is 19.8. The van der Waals surface area contributed by atoms with Gasteiger partial charge in [-0.15, -0.1) is 10.2 Å². The Morgan fingerprint density at radius 2 is 1.93 bits per heavy atom. The lowest BCUT2D eigenvalue weighted by Crippen LogP contribution is -2.51. The van der Waals surface area contributed by atoms with Gasteiger partial charge < -0.3 is 4.57 Å². The van der Waals surface area contributed by atoms with Gasteiger partial charge in [0.2, 0.25) is 5.92 Å². The maximum atomic E-state index is 14.3. The quantitative estimate of drug-likeness (QED) is 0.273. The molecule has 7 nitrogen and oxygen atoms in total. The van der Waals surface area contributed by atoms with Crippen molar-refractivity contribution in [3.63, 3.8) is 0 Å². The van der Waals surface area contributed by atoms with E-state index in [1.807, 2.05) is 0 Å². The van der Waals surface area contributed by atoms with Gasteiger partial charge in [-0.05, 0) is 48.1 Å². The fourth-order valence-electron chi connectivity index (χ4n) is 6.58. The van der Waals surface area contributed by atoms with Gasteiger partial charge in [0.1, 0.15) is 12.2 Å².